The van der Waals surface area contributed by atoms with Gasteiger partial charge < -0.3 is 14.2 Å². The first-order valence-electron chi connectivity index (χ1n) is 33.2. The lowest BCUT2D eigenvalue weighted by Crippen LogP contribution is -2.30. The van der Waals surface area contributed by atoms with E-state index < -0.39 is 6.10 Å². The average Bonchev–Trinajstić information content (AvgIpc) is 3.44. The van der Waals surface area contributed by atoms with E-state index in [9.17, 15) is 14.4 Å². The summed E-state index contributed by atoms with van der Waals surface area (Å²) < 4.78 is 16.9. The molecular weight excluding hydrogens is 961 g/mol. The molecule has 0 bridgehead atoms. The van der Waals surface area contributed by atoms with Gasteiger partial charge in [0.05, 0.1) is 0 Å². The van der Waals surface area contributed by atoms with Crippen LogP contribution in [0.1, 0.15) is 323 Å². The molecule has 0 fully saturated rings. The fourth-order valence-corrected chi connectivity index (χ4v) is 9.40. The van der Waals surface area contributed by atoms with Crippen LogP contribution in [0.25, 0.3) is 0 Å². The summed E-state index contributed by atoms with van der Waals surface area (Å²) in [5, 5.41) is 0. The van der Waals surface area contributed by atoms with Crippen molar-refractivity contribution in [2.45, 2.75) is 329 Å². The van der Waals surface area contributed by atoms with Gasteiger partial charge in [0.2, 0.25) is 0 Å². The van der Waals surface area contributed by atoms with E-state index in [1.54, 1.807) is 0 Å². The van der Waals surface area contributed by atoms with Gasteiger partial charge in [-0.3, -0.25) is 14.4 Å². The Hall–Kier alpha value is -3.67. The highest BCUT2D eigenvalue weighted by Gasteiger charge is 2.19. The molecule has 0 spiro atoms. The van der Waals surface area contributed by atoms with Gasteiger partial charge in [0.1, 0.15) is 13.2 Å². The van der Waals surface area contributed by atoms with Crippen LogP contribution >= 0.6 is 0 Å². The summed E-state index contributed by atoms with van der Waals surface area (Å²) in [4.78, 5) is 38.2. The zero-order chi connectivity index (χ0) is 56.4. The number of hydrogen-bond acceptors (Lipinski definition) is 6. The summed E-state index contributed by atoms with van der Waals surface area (Å²) in [6.07, 6.45) is 88.7. The van der Waals surface area contributed by atoms with Crippen LogP contribution in [-0.4, -0.2) is 37.2 Å². The van der Waals surface area contributed by atoms with Gasteiger partial charge in [-0.15, -0.1) is 0 Å². The van der Waals surface area contributed by atoms with Gasteiger partial charge in [-0.25, -0.2) is 0 Å². The Morgan fingerprint density at radius 2 is 0.500 bits per heavy atom. The van der Waals surface area contributed by atoms with Crippen LogP contribution < -0.4 is 0 Å². The van der Waals surface area contributed by atoms with Crippen molar-refractivity contribution in [2.75, 3.05) is 13.2 Å². The van der Waals surface area contributed by atoms with Crippen LogP contribution in [0.5, 0.6) is 0 Å². The van der Waals surface area contributed by atoms with Crippen molar-refractivity contribution in [3.8, 4) is 0 Å². The Kier molecular flexibility index (Phi) is 62.7. The molecule has 78 heavy (non-hydrogen) atoms. The molecule has 6 nitrogen and oxygen atoms in total. The van der Waals surface area contributed by atoms with Crippen molar-refractivity contribution in [2.24, 2.45) is 0 Å². The smallest absolute Gasteiger partial charge is 0.306 e. The summed E-state index contributed by atoms with van der Waals surface area (Å²) >= 11 is 0. The van der Waals surface area contributed by atoms with Gasteiger partial charge in [-0.2, -0.15) is 0 Å². The molecule has 0 aromatic carbocycles. The number of ether oxygens (including phenoxy) is 3. The van der Waals surface area contributed by atoms with E-state index in [0.717, 1.165) is 122 Å². The second-order valence-corrected chi connectivity index (χ2v) is 22.0. The molecule has 0 heterocycles. The number of unbranched alkanes of at least 4 members (excludes halogenated alkanes) is 33. The Morgan fingerprint density at radius 3 is 0.782 bits per heavy atom. The molecule has 0 aliphatic rings. The van der Waals surface area contributed by atoms with Gasteiger partial charge in [-0.05, 0) is 83.5 Å². The predicted octanol–water partition coefficient (Wildman–Crippen LogP) is 22.8. The summed E-state index contributed by atoms with van der Waals surface area (Å²) in [5.41, 5.74) is 0. The number of hydrogen-bond donors (Lipinski definition) is 0. The molecule has 0 aliphatic heterocycles. The fourth-order valence-electron chi connectivity index (χ4n) is 9.40. The Morgan fingerprint density at radius 1 is 0.269 bits per heavy atom. The molecule has 0 radical (unpaired) electrons. The number of allylic oxidation sites excluding steroid dienone is 16. The molecule has 6 heteroatoms. The van der Waals surface area contributed by atoms with Crippen LogP contribution in [0.4, 0.5) is 0 Å². The summed E-state index contributed by atoms with van der Waals surface area (Å²) in [6.45, 7) is 6.51. The molecule has 1 atom stereocenters. The maximum absolute atomic E-state index is 12.9. The van der Waals surface area contributed by atoms with Crippen molar-refractivity contribution in [3.63, 3.8) is 0 Å². The van der Waals surface area contributed by atoms with E-state index in [0.29, 0.717) is 19.3 Å². The highest BCUT2D eigenvalue weighted by molar-refractivity contribution is 5.71. The monoisotopic (exact) mass is 1080 g/mol. The van der Waals surface area contributed by atoms with Gasteiger partial charge in [0.15, 0.2) is 6.10 Å². The van der Waals surface area contributed by atoms with Gasteiger partial charge in [0.25, 0.3) is 0 Å². The molecule has 0 amide bonds. The average molecular weight is 1090 g/mol. The standard InChI is InChI=1S/C72H124O6/c1-4-7-10-13-16-19-21-23-25-27-29-31-33-34-35-36-37-38-40-41-43-45-47-49-51-53-56-59-62-65-71(74)77-68-69(67-76-70(73)64-61-58-55-18-15-12-9-6-3)78-72(75)66-63-60-57-54-52-50-48-46-44-42-39-32-30-28-26-24-22-20-17-14-11-8-5-2/h7,10,16,19,23,25,29,31,34-35,37-38,41,43,47,49,69H,4-6,8-9,11-15,17-18,20-22,24,26-28,30,32-33,36,39-40,42,44-46,48,50-68H2,1-3H3/b10-7-,19-16-,25-23-,31-29-,35-34-,38-37-,43-41-,49-47-. The van der Waals surface area contributed by atoms with Crippen LogP contribution in [0.2, 0.25) is 0 Å². The second-order valence-electron chi connectivity index (χ2n) is 22.0. The van der Waals surface area contributed by atoms with E-state index in [4.69, 9.17) is 14.2 Å². The maximum Gasteiger partial charge on any atom is 0.306 e. The van der Waals surface area contributed by atoms with Crippen molar-refractivity contribution >= 4 is 17.9 Å². The largest absolute Gasteiger partial charge is 0.462 e. The maximum atomic E-state index is 12.9. The van der Waals surface area contributed by atoms with Crippen molar-refractivity contribution < 1.29 is 28.6 Å². The SMILES string of the molecule is CC/C=C\C/C=C\C/C=C\C/C=C\C/C=C\C/C=C\C/C=C\C/C=C\CCCCCCC(=O)OCC(COC(=O)CCCCCCCCCC)OC(=O)CCCCCCCCCCCCCCCCCCCCCCCCC. The molecular formula is C72H124O6. The lowest BCUT2D eigenvalue weighted by molar-refractivity contribution is -0.167. The quantitative estimate of drug-likeness (QED) is 0.0261. The molecule has 0 aromatic rings. The van der Waals surface area contributed by atoms with E-state index in [1.807, 2.05) is 0 Å². The third kappa shape index (κ3) is 63.2. The van der Waals surface area contributed by atoms with Crippen molar-refractivity contribution in [3.05, 3.63) is 97.2 Å². The third-order valence-electron chi connectivity index (χ3n) is 14.4. The topological polar surface area (TPSA) is 78.9 Å². The molecule has 0 aliphatic carbocycles. The molecule has 0 saturated heterocycles. The van der Waals surface area contributed by atoms with Crippen LogP contribution in [0.3, 0.4) is 0 Å². The highest BCUT2D eigenvalue weighted by Crippen LogP contribution is 2.17. The first-order chi connectivity index (χ1) is 38.5. The number of carbonyl (C=O) groups excluding carboxylic acids is 3. The minimum atomic E-state index is -0.785. The van der Waals surface area contributed by atoms with Gasteiger partial charge >= 0.3 is 17.9 Å². The molecule has 0 N–H and O–H groups in total. The Bertz CT molecular complexity index is 1530. The number of rotatable bonds is 60. The lowest BCUT2D eigenvalue weighted by Gasteiger charge is -2.18. The molecule has 0 saturated carbocycles. The molecule has 0 aromatic heterocycles. The zero-order valence-electron chi connectivity index (χ0n) is 51.4. The molecule has 1 unspecified atom stereocenters. The van der Waals surface area contributed by atoms with E-state index in [1.165, 1.54) is 161 Å². The van der Waals surface area contributed by atoms with E-state index in [-0.39, 0.29) is 31.1 Å². The minimum Gasteiger partial charge on any atom is -0.462 e. The van der Waals surface area contributed by atoms with E-state index in [2.05, 4.69) is 118 Å². The second kappa shape index (κ2) is 65.8. The molecule has 0 rings (SSSR count). The van der Waals surface area contributed by atoms with Gasteiger partial charge in [0, 0.05) is 19.3 Å². The van der Waals surface area contributed by atoms with E-state index >= 15 is 0 Å². The third-order valence-corrected chi connectivity index (χ3v) is 14.4. The fraction of sp³-hybridized carbons (Fsp3) is 0.736. The minimum absolute atomic E-state index is 0.0823. The summed E-state index contributed by atoms with van der Waals surface area (Å²) in [5.74, 6) is -0.900. The van der Waals surface area contributed by atoms with Crippen LogP contribution in [0.15, 0.2) is 97.2 Å². The normalized spacial score (nSPS) is 12.7. The zero-order valence-corrected chi connectivity index (χ0v) is 51.4. The highest BCUT2D eigenvalue weighted by atomic mass is 16.6. The number of esters is 3. The first-order valence-corrected chi connectivity index (χ1v) is 33.2. The van der Waals surface area contributed by atoms with Crippen molar-refractivity contribution in [1.29, 1.82) is 0 Å². The van der Waals surface area contributed by atoms with Gasteiger partial charge in [-0.1, -0.05) is 317 Å². The number of carbonyl (C=O) groups is 3. The first kappa shape index (κ1) is 74.3. The summed E-state index contributed by atoms with van der Waals surface area (Å²) in [6, 6.07) is 0. The van der Waals surface area contributed by atoms with Crippen LogP contribution in [0, 0.1) is 0 Å². The predicted molar refractivity (Wildman–Crippen MR) is 339 cm³/mol. The van der Waals surface area contributed by atoms with Crippen LogP contribution in [-0.2, 0) is 28.6 Å². The Balaban J connectivity index is 4.22. The summed E-state index contributed by atoms with van der Waals surface area (Å²) in [7, 11) is 0. The lowest BCUT2D eigenvalue weighted by atomic mass is 10.0. The molecule has 448 valence electrons. The Labute approximate surface area is 483 Å². The van der Waals surface area contributed by atoms with Crippen molar-refractivity contribution in [1.82, 2.24) is 0 Å².